The summed E-state index contributed by atoms with van der Waals surface area (Å²) in [5, 5.41) is 0. The van der Waals surface area contributed by atoms with Crippen LogP contribution in [0.5, 0.6) is 5.75 Å². The molecular formula is C14H11Br2NOS. The Labute approximate surface area is 134 Å². The summed E-state index contributed by atoms with van der Waals surface area (Å²) in [4.78, 5) is 0.365. The molecule has 0 aliphatic carbocycles. The standard InChI is InChI=1S/C14H11Br2NOS/c15-12-4-2-1-3-9(12)8-18-10-5-6-11(14(17)19)13(16)7-10/h1-7H,8H2,(H2,17,19). The summed E-state index contributed by atoms with van der Waals surface area (Å²) in [6, 6.07) is 13.5. The molecule has 0 fully saturated rings. The van der Waals surface area contributed by atoms with Gasteiger partial charge in [0.25, 0.3) is 0 Å². The van der Waals surface area contributed by atoms with Gasteiger partial charge in [-0.3, -0.25) is 0 Å². The first-order chi connectivity index (χ1) is 9.08. The Morgan fingerprint density at radius 3 is 2.47 bits per heavy atom. The first kappa shape index (κ1) is 14.5. The quantitative estimate of drug-likeness (QED) is 0.771. The fourth-order valence-corrected chi connectivity index (χ4v) is 2.84. The van der Waals surface area contributed by atoms with Crippen LogP contribution in [0.3, 0.4) is 0 Å². The van der Waals surface area contributed by atoms with Crippen molar-refractivity contribution in [2.75, 3.05) is 0 Å². The molecular weight excluding hydrogens is 390 g/mol. The number of nitrogens with two attached hydrogens (primary N) is 1. The highest BCUT2D eigenvalue weighted by Gasteiger charge is 2.05. The number of hydrogen-bond donors (Lipinski definition) is 1. The van der Waals surface area contributed by atoms with E-state index in [2.05, 4.69) is 31.9 Å². The molecule has 2 rings (SSSR count). The summed E-state index contributed by atoms with van der Waals surface area (Å²) in [6.07, 6.45) is 0. The summed E-state index contributed by atoms with van der Waals surface area (Å²) in [5.74, 6) is 0.766. The first-order valence-electron chi connectivity index (χ1n) is 5.53. The number of benzene rings is 2. The van der Waals surface area contributed by atoms with Crippen LogP contribution in [0.15, 0.2) is 51.4 Å². The Morgan fingerprint density at radius 1 is 1.11 bits per heavy atom. The summed E-state index contributed by atoms with van der Waals surface area (Å²) in [7, 11) is 0. The van der Waals surface area contributed by atoms with E-state index in [0.29, 0.717) is 11.6 Å². The Balaban J connectivity index is 2.11. The molecule has 0 aliphatic heterocycles. The smallest absolute Gasteiger partial charge is 0.120 e. The molecule has 0 aliphatic rings. The fourth-order valence-electron chi connectivity index (χ4n) is 1.56. The molecule has 0 aromatic heterocycles. The van der Waals surface area contributed by atoms with Gasteiger partial charge in [0, 0.05) is 20.1 Å². The number of thiocarbonyl (C=S) groups is 1. The van der Waals surface area contributed by atoms with Gasteiger partial charge in [-0.25, -0.2) is 0 Å². The van der Waals surface area contributed by atoms with Crippen LogP contribution in [-0.2, 0) is 6.61 Å². The van der Waals surface area contributed by atoms with Crippen LogP contribution in [0.1, 0.15) is 11.1 Å². The van der Waals surface area contributed by atoms with Crippen LogP contribution in [0, 0.1) is 0 Å². The van der Waals surface area contributed by atoms with Crippen molar-refractivity contribution in [2.24, 2.45) is 5.73 Å². The highest BCUT2D eigenvalue weighted by Crippen LogP contribution is 2.24. The SMILES string of the molecule is NC(=S)c1ccc(OCc2ccccc2Br)cc1Br. The lowest BCUT2D eigenvalue weighted by molar-refractivity contribution is 0.305. The predicted molar refractivity (Wildman–Crippen MR) is 88.5 cm³/mol. The average molecular weight is 401 g/mol. The monoisotopic (exact) mass is 399 g/mol. The molecule has 5 heteroatoms. The molecule has 2 aromatic rings. The van der Waals surface area contributed by atoms with Gasteiger partial charge in [-0.1, -0.05) is 46.3 Å². The minimum atomic E-state index is 0.365. The molecule has 0 atom stereocenters. The number of rotatable bonds is 4. The molecule has 0 amide bonds. The van der Waals surface area contributed by atoms with Crippen molar-refractivity contribution in [3.05, 3.63) is 62.5 Å². The molecule has 98 valence electrons. The molecule has 0 spiro atoms. The number of hydrogen-bond acceptors (Lipinski definition) is 2. The van der Waals surface area contributed by atoms with Crippen LogP contribution in [0.2, 0.25) is 0 Å². The third kappa shape index (κ3) is 3.78. The van der Waals surface area contributed by atoms with Crippen molar-refractivity contribution in [1.29, 1.82) is 0 Å². The lowest BCUT2D eigenvalue weighted by Gasteiger charge is -2.09. The van der Waals surface area contributed by atoms with Crippen molar-refractivity contribution in [2.45, 2.75) is 6.61 Å². The first-order valence-corrected chi connectivity index (χ1v) is 7.53. The molecule has 0 unspecified atom stereocenters. The number of ether oxygens (including phenoxy) is 1. The van der Waals surface area contributed by atoms with E-state index in [0.717, 1.165) is 25.8 Å². The summed E-state index contributed by atoms with van der Waals surface area (Å²) < 4.78 is 7.62. The van der Waals surface area contributed by atoms with E-state index in [1.54, 1.807) is 0 Å². The summed E-state index contributed by atoms with van der Waals surface area (Å²) >= 11 is 11.9. The second kappa shape index (κ2) is 6.50. The second-order valence-corrected chi connectivity index (χ2v) is 6.03. The third-order valence-electron chi connectivity index (χ3n) is 2.56. The van der Waals surface area contributed by atoms with Crippen LogP contribution in [-0.4, -0.2) is 4.99 Å². The normalized spacial score (nSPS) is 10.2. The van der Waals surface area contributed by atoms with Crippen molar-refractivity contribution in [3.8, 4) is 5.75 Å². The molecule has 2 aromatic carbocycles. The highest BCUT2D eigenvalue weighted by atomic mass is 79.9. The predicted octanol–water partition coefficient (Wildman–Crippen LogP) is 4.42. The Morgan fingerprint density at radius 2 is 1.84 bits per heavy atom. The van der Waals surface area contributed by atoms with Crippen LogP contribution in [0.25, 0.3) is 0 Å². The van der Waals surface area contributed by atoms with Crippen molar-refractivity contribution >= 4 is 49.1 Å². The van der Waals surface area contributed by atoms with Gasteiger partial charge in [-0.15, -0.1) is 0 Å². The Kier molecular flexibility index (Phi) is 4.96. The topological polar surface area (TPSA) is 35.2 Å². The summed E-state index contributed by atoms with van der Waals surface area (Å²) in [6.45, 7) is 0.500. The third-order valence-corrected chi connectivity index (χ3v) is 4.21. The minimum Gasteiger partial charge on any atom is -0.489 e. The molecule has 0 saturated carbocycles. The van der Waals surface area contributed by atoms with E-state index in [4.69, 9.17) is 22.7 Å². The lowest BCUT2D eigenvalue weighted by Crippen LogP contribution is -2.10. The van der Waals surface area contributed by atoms with Gasteiger partial charge in [-0.05, 0) is 40.2 Å². The van der Waals surface area contributed by atoms with E-state index in [1.165, 1.54) is 0 Å². The van der Waals surface area contributed by atoms with Gasteiger partial charge in [0.15, 0.2) is 0 Å². The van der Waals surface area contributed by atoms with Crippen LogP contribution < -0.4 is 10.5 Å². The van der Waals surface area contributed by atoms with Gasteiger partial charge in [0.1, 0.15) is 17.3 Å². The fraction of sp³-hybridized carbons (Fsp3) is 0.0714. The molecule has 2 N–H and O–H groups in total. The molecule has 0 heterocycles. The van der Waals surface area contributed by atoms with Gasteiger partial charge in [-0.2, -0.15) is 0 Å². The average Bonchev–Trinajstić information content (AvgIpc) is 2.37. The van der Waals surface area contributed by atoms with Gasteiger partial charge < -0.3 is 10.5 Å². The Bertz CT molecular complexity index is 616. The van der Waals surface area contributed by atoms with Crippen molar-refractivity contribution < 1.29 is 4.74 Å². The van der Waals surface area contributed by atoms with Crippen molar-refractivity contribution in [3.63, 3.8) is 0 Å². The maximum atomic E-state index is 5.74. The van der Waals surface area contributed by atoms with Gasteiger partial charge >= 0.3 is 0 Å². The summed E-state index contributed by atoms with van der Waals surface area (Å²) in [5.41, 5.74) is 7.51. The zero-order chi connectivity index (χ0) is 13.8. The van der Waals surface area contributed by atoms with E-state index in [9.17, 15) is 0 Å². The zero-order valence-corrected chi connectivity index (χ0v) is 13.9. The van der Waals surface area contributed by atoms with E-state index in [1.807, 2.05) is 42.5 Å². The molecule has 2 nitrogen and oxygen atoms in total. The minimum absolute atomic E-state index is 0.365. The van der Waals surface area contributed by atoms with Gasteiger partial charge in [0.05, 0.1) is 0 Å². The molecule has 0 saturated heterocycles. The Hall–Kier alpha value is -0.910. The van der Waals surface area contributed by atoms with Crippen LogP contribution >= 0.6 is 44.1 Å². The van der Waals surface area contributed by atoms with E-state index < -0.39 is 0 Å². The molecule has 19 heavy (non-hydrogen) atoms. The maximum absolute atomic E-state index is 5.74. The maximum Gasteiger partial charge on any atom is 0.120 e. The van der Waals surface area contributed by atoms with E-state index >= 15 is 0 Å². The largest absolute Gasteiger partial charge is 0.489 e. The molecule has 0 bridgehead atoms. The molecule has 0 radical (unpaired) electrons. The second-order valence-electron chi connectivity index (χ2n) is 3.89. The van der Waals surface area contributed by atoms with E-state index in [-0.39, 0.29) is 0 Å². The highest BCUT2D eigenvalue weighted by molar-refractivity contribution is 9.10. The van der Waals surface area contributed by atoms with Gasteiger partial charge in [0.2, 0.25) is 0 Å². The van der Waals surface area contributed by atoms with Crippen molar-refractivity contribution in [1.82, 2.24) is 0 Å². The number of halogens is 2. The lowest BCUT2D eigenvalue weighted by atomic mass is 10.2. The zero-order valence-electron chi connectivity index (χ0n) is 9.90. The van der Waals surface area contributed by atoms with Crippen LogP contribution in [0.4, 0.5) is 0 Å².